The van der Waals surface area contributed by atoms with Crippen molar-refractivity contribution in [3.8, 4) is 0 Å². The third-order valence-electron chi connectivity index (χ3n) is 2.59. The molecule has 1 aromatic heterocycles. The molecule has 19 heavy (non-hydrogen) atoms. The van der Waals surface area contributed by atoms with Crippen LogP contribution in [-0.4, -0.2) is 16.7 Å². The van der Waals surface area contributed by atoms with Crippen LogP contribution in [0.25, 0.3) is 0 Å². The van der Waals surface area contributed by atoms with Crippen molar-refractivity contribution in [2.45, 2.75) is 29.9 Å². The maximum Gasteiger partial charge on any atom is 0.206 e. The molecule has 0 aliphatic heterocycles. The molecule has 0 fully saturated rings. The van der Waals surface area contributed by atoms with Crippen molar-refractivity contribution < 1.29 is 4.39 Å². The van der Waals surface area contributed by atoms with Crippen molar-refractivity contribution >= 4 is 28.2 Å². The minimum Gasteiger partial charge on any atom is -0.360 e. The van der Waals surface area contributed by atoms with Gasteiger partial charge in [0.2, 0.25) is 5.13 Å². The second-order valence-electron chi connectivity index (χ2n) is 3.97. The molecule has 0 saturated heterocycles. The zero-order valence-electron chi connectivity index (χ0n) is 10.9. The van der Waals surface area contributed by atoms with E-state index in [1.165, 1.54) is 12.1 Å². The third-order valence-corrected chi connectivity index (χ3v) is 4.98. The summed E-state index contributed by atoms with van der Waals surface area (Å²) in [6.07, 6.45) is 0.965. The molecule has 6 heteroatoms. The van der Waals surface area contributed by atoms with Crippen LogP contribution in [0, 0.1) is 5.82 Å². The topological polar surface area (TPSA) is 37.8 Å². The Kier molecular flexibility index (Phi) is 5.15. The van der Waals surface area contributed by atoms with E-state index >= 15 is 0 Å². The van der Waals surface area contributed by atoms with Gasteiger partial charge >= 0.3 is 0 Å². The molecule has 0 aliphatic rings. The summed E-state index contributed by atoms with van der Waals surface area (Å²) in [5, 5.41) is 12.5. The number of hydrogen-bond acceptors (Lipinski definition) is 5. The summed E-state index contributed by atoms with van der Waals surface area (Å²) in [6.45, 7) is 4.99. The lowest BCUT2D eigenvalue weighted by Crippen LogP contribution is -1.94. The molecular formula is C13H16FN3S2. The van der Waals surface area contributed by atoms with E-state index < -0.39 is 0 Å². The summed E-state index contributed by atoms with van der Waals surface area (Å²) in [5.41, 5.74) is 1.12. The SMILES string of the molecule is CCNc1nnc(SC(CC)c2ccc(F)cc2)s1. The molecular weight excluding hydrogens is 281 g/mol. The van der Waals surface area contributed by atoms with Gasteiger partial charge in [-0.2, -0.15) is 0 Å². The van der Waals surface area contributed by atoms with Crippen LogP contribution >= 0.6 is 23.1 Å². The van der Waals surface area contributed by atoms with E-state index in [4.69, 9.17) is 0 Å². The Morgan fingerprint density at radius 2 is 2.00 bits per heavy atom. The normalized spacial score (nSPS) is 12.4. The first-order valence-electron chi connectivity index (χ1n) is 6.22. The zero-order chi connectivity index (χ0) is 13.7. The fraction of sp³-hybridized carbons (Fsp3) is 0.385. The molecule has 0 spiro atoms. The predicted molar refractivity (Wildman–Crippen MR) is 79.4 cm³/mol. The third kappa shape index (κ3) is 3.91. The molecule has 3 nitrogen and oxygen atoms in total. The van der Waals surface area contributed by atoms with Gasteiger partial charge in [0, 0.05) is 11.8 Å². The monoisotopic (exact) mass is 297 g/mol. The fourth-order valence-corrected chi connectivity index (χ4v) is 3.78. The molecule has 1 N–H and O–H groups in total. The second kappa shape index (κ2) is 6.86. The van der Waals surface area contributed by atoms with E-state index in [0.717, 1.165) is 28.0 Å². The standard InChI is InChI=1S/C13H16FN3S2/c1-3-11(9-5-7-10(14)8-6-9)18-13-17-16-12(19-13)15-4-2/h5-8,11H,3-4H2,1-2H3,(H,15,16). The molecule has 102 valence electrons. The van der Waals surface area contributed by atoms with Gasteiger partial charge in [0.25, 0.3) is 0 Å². The summed E-state index contributed by atoms with van der Waals surface area (Å²) in [4.78, 5) is 0. The lowest BCUT2D eigenvalue weighted by Gasteiger charge is -2.12. The number of halogens is 1. The molecule has 2 rings (SSSR count). The van der Waals surface area contributed by atoms with Gasteiger partial charge in [0.15, 0.2) is 4.34 Å². The Bertz CT molecular complexity index is 513. The fourth-order valence-electron chi connectivity index (χ4n) is 1.67. The van der Waals surface area contributed by atoms with Gasteiger partial charge in [0.1, 0.15) is 5.82 Å². The van der Waals surface area contributed by atoms with Gasteiger partial charge < -0.3 is 5.32 Å². The average molecular weight is 297 g/mol. The Hall–Kier alpha value is -1.14. The van der Waals surface area contributed by atoms with E-state index in [1.807, 2.05) is 19.1 Å². The number of rotatable bonds is 6. The number of thioether (sulfide) groups is 1. The summed E-state index contributed by atoms with van der Waals surface area (Å²) in [5.74, 6) is -0.200. The zero-order valence-corrected chi connectivity index (χ0v) is 12.5. The van der Waals surface area contributed by atoms with Crippen molar-refractivity contribution in [2.24, 2.45) is 0 Å². The summed E-state index contributed by atoms with van der Waals surface area (Å²) >= 11 is 3.23. The van der Waals surface area contributed by atoms with Crippen LogP contribution in [0.4, 0.5) is 9.52 Å². The summed E-state index contributed by atoms with van der Waals surface area (Å²) in [7, 11) is 0. The highest BCUT2D eigenvalue weighted by Crippen LogP contribution is 2.39. The van der Waals surface area contributed by atoms with Gasteiger partial charge in [-0.25, -0.2) is 4.39 Å². The number of hydrogen-bond donors (Lipinski definition) is 1. The lowest BCUT2D eigenvalue weighted by molar-refractivity contribution is 0.626. The number of benzene rings is 1. The Labute approximate surface area is 120 Å². The van der Waals surface area contributed by atoms with Gasteiger partial charge in [-0.05, 0) is 31.0 Å². The molecule has 0 aliphatic carbocycles. The van der Waals surface area contributed by atoms with Crippen molar-refractivity contribution in [3.63, 3.8) is 0 Å². The number of anilines is 1. The van der Waals surface area contributed by atoms with Gasteiger partial charge in [-0.15, -0.1) is 10.2 Å². The molecule has 1 heterocycles. The lowest BCUT2D eigenvalue weighted by atomic mass is 10.1. The first-order valence-corrected chi connectivity index (χ1v) is 7.92. The van der Waals surface area contributed by atoms with Crippen molar-refractivity contribution in [1.82, 2.24) is 10.2 Å². The van der Waals surface area contributed by atoms with Crippen molar-refractivity contribution in [2.75, 3.05) is 11.9 Å². The Balaban J connectivity index is 2.07. The van der Waals surface area contributed by atoms with Crippen LogP contribution in [0.1, 0.15) is 31.1 Å². The van der Waals surface area contributed by atoms with Crippen LogP contribution in [0.5, 0.6) is 0 Å². The molecule has 0 bridgehead atoms. The minimum absolute atomic E-state index is 0.200. The van der Waals surface area contributed by atoms with Crippen LogP contribution in [0.15, 0.2) is 28.6 Å². The molecule has 1 aromatic carbocycles. The van der Waals surface area contributed by atoms with Crippen LogP contribution < -0.4 is 5.32 Å². The van der Waals surface area contributed by atoms with E-state index in [1.54, 1.807) is 23.1 Å². The molecule has 0 radical (unpaired) electrons. The molecule has 2 aromatic rings. The van der Waals surface area contributed by atoms with Crippen molar-refractivity contribution in [3.05, 3.63) is 35.6 Å². The van der Waals surface area contributed by atoms with Crippen LogP contribution in [-0.2, 0) is 0 Å². The molecule has 0 amide bonds. The van der Waals surface area contributed by atoms with Crippen molar-refractivity contribution in [1.29, 1.82) is 0 Å². The van der Waals surface area contributed by atoms with Gasteiger partial charge in [-0.3, -0.25) is 0 Å². The first kappa shape index (κ1) is 14.3. The molecule has 1 atom stereocenters. The molecule has 0 saturated carbocycles. The number of nitrogens with zero attached hydrogens (tertiary/aromatic N) is 2. The highest BCUT2D eigenvalue weighted by Gasteiger charge is 2.14. The predicted octanol–water partition coefficient (Wildman–Crippen LogP) is 4.35. The van der Waals surface area contributed by atoms with E-state index in [9.17, 15) is 4.39 Å². The molecule has 1 unspecified atom stereocenters. The Morgan fingerprint density at radius 1 is 1.26 bits per heavy atom. The maximum atomic E-state index is 12.9. The van der Waals surface area contributed by atoms with Crippen LogP contribution in [0.3, 0.4) is 0 Å². The second-order valence-corrected chi connectivity index (χ2v) is 6.40. The van der Waals surface area contributed by atoms with Gasteiger partial charge in [0.05, 0.1) is 0 Å². The Morgan fingerprint density at radius 3 is 2.63 bits per heavy atom. The van der Waals surface area contributed by atoms with E-state index in [2.05, 4.69) is 22.4 Å². The number of aromatic nitrogens is 2. The summed E-state index contributed by atoms with van der Waals surface area (Å²) in [6, 6.07) is 6.68. The van der Waals surface area contributed by atoms with Crippen LogP contribution in [0.2, 0.25) is 0 Å². The largest absolute Gasteiger partial charge is 0.360 e. The first-order chi connectivity index (χ1) is 9.22. The van der Waals surface area contributed by atoms with E-state index in [0.29, 0.717) is 0 Å². The van der Waals surface area contributed by atoms with E-state index in [-0.39, 0.29) is 11.1 Å². The van der Waals surface area contributed by atoms with Gasteiger partial charge in [-0.1, -0.05) is 42.2 Å². The quantitative estimate of drug-likeness (QED) is 0.804. The summed E-state index contributed by atoms with van der Waals surface area (Å²) < 4.78 is 13.9. The minimum atomic E-state index is -0.200. The maximum absolute atomic E-state index is 12.9. The number of nitrogens with one attached hydrogen (secondary N) is 1. The average Bonchev–Trinajstić information content (AvgIpc) is 2.85. The highest BCUT2D eigenvalue weighted by molar-refractivity contribution is 8.01. The highest BCUT2D eigenvalue weighted by atomic mass is 32.2. The smallest absolute Gasteiger partial charge is 0.206 e.